The summed E-state index contributed by atoms with van der Waals surface area (Å²) in [5, 5.41) is 5.33. The molecule has 0 atom stereocenters. The Kier molecular flexibility index (Phi) is 6.25. The zero-order valence-electron chi connectivity index (χ0n) is 16.0. The van der Waals surface area contributed by atoms with Gasteiger partial charge >= 0.3 is 0 Å². The van der Waals surface area contributed by atoms with E-state index in [1.54, 1.807) is 15.6 Å². The second kappa shape index (κ2) is 8.28. The van der Waals surface area contributed by atoms with Gasteiger partial charge in [-0.15, -0.1) is 11.3 Å². The SMILES string of the molecule is Cc1c(N(CCC2CC2)S(=O)(=O)CCNCC(C)C)sc2ccccc12. The monoisotopic (exact) mass is 394 g/mol. The Balaban J connectivity index is 1.82. The van der Waals surface area contributed by atoms with Gasteiger partial charge in [-0.05, 0) is 48.7 Å². The summed E-state index contributed by atoms with van der Waals surface area (Å²) < 4.78 is 29.1. The van der Waals surface area contributed by atoms with E-state index in [9.17, 15) is 8.42 Å². The van der Waals surface area contributed by atoms with Gasteiger partial charge in [-0.25, -0.2) is 8.42 Å². The van der Waals surface area contributed by atoms with E-state index in [1.807, 2.05) is 19.1 Å². The molecule has 0 unspecified atom stereocenters. The molecule has 1 aromatic heterocycles. The third kappa shape index (κ3) is 4.78. The predicted octanol–water partition coefficient (Wildman–Crippen LogP) is 4.39. The van der Waals surface area contributed by atoms with Gasteiger partial charge in [-0.3, -0.25) is 4.31 Å². The first-order chi connectivity index (χ1) is 12.4. The van der Waals surface area contributed by atoms with Crippen LogP contribution in [-0.4, -0.2) is 33.8 Å². The van der Waals surface area contributed by atoms with Gasteiger partial charge in [-0.2, -0.15) is 0 Å². The van der Waals surface area contributed by atoms with Crippen molar-refractivity contribution in [3.8, 4) is 0 Å². The van der Waals surface area contributed by atoms with Gasteiger partial charge in [0.25, 0.3) is 0 Å². The molecule has 1 fully saturated rings. The summed E-state index contributed by atoms with van der Waals surface area (Å²) in [6, 6.07) is 8.19. The van der Waals surface area contributed by atoms with Gasteiger partial charge in [0.2, 0.25) is 10.0 Å². The molecule has 4 nitrogen and oxygen atoms in total. The van der Waals surface area contributed by atoms with Crippen molar-refractivity contribution in [1.29, 1.82) is 0 Å². The Bertz CT molecular complexity index is 839. The summed E-state index contributed by atoms with van der Waals surface area (Å²) in [6.07, 6.45) is 3.46. The van der Waals surface area contributed by atoms with Crippen LogP contribution in [0.2, 0.25) is 0 Å². The number of rotatable bonds is 10. The summed E-state index contributed by atoms with van der Waals surface area (Å²) in [5.74, 6) is 1.38. The third-order valence-electron chi connectivity index (χ3n) is 4.91. The molecule has 0 saturated heterocycles. The molecule has 0 spiro atoms. The zero-order valence-corrected chi connectivity index (χ0v) is 17.6. The Morgan fingerprint density at radius 1 is 1.27 bits per heavy atom. The van der Waals surface area contributed by atoms with Crippen molar-refractivity contribution in [3.05, 3.63) is 29.8 Å². The lowest BCUT2D eigenvalue weighted by Gasteiger charge is -2.24. The Morgan fingerprint density at radius 3 is 2.65 bits per heavy atom. The normalized spacial score (nSPS) is 15.1. The number of hydrogen-bond donors (Lipinski definition) is 1. The van der Waals surface area contributed by atoms with Crippen LogP contribution in [0.3, 0.4) is 0 Å². The minimum atomic E-state index is -3.33. The predicted molar refractivity (Wildman–Crippen MR) is 113 cm³/mol. The number of aryl methyl sites for hydroxylation is 1. The molecule has 0 radical (unpaired) electrons. The van der Waals surface area contributed by atoms with Crippen LogP contribution >= 0.6 is 11.3 Å². The van der Waals surface area contributed by atoms with Gasteiger partial charge in [0.1, 0.15) is 5.00 Å². The average molecular weight is 395 g/mol. The van der Waals surface area contributed by atoms with Crippen LogP contribution in [0.5, 0.6) is 0 Å². The van der Waals surface area contributed by atoms with Crippen LogP contribution < -0.4 is 9.62 Å². The van der Waals surface area contributed by atoms with Crippen LogP contribution in [0.4, 0.5) is 5.00 Å². The molecule has 1 aliphatic rings. The topological polar surface area (TPSA) is 49.4 Å². The fourth-order valence-electron chi connectivity index (χ4n) is 3.17. The molecule has 26 heavy (non-hydrogen) atoms. The largest absolute Gasteiger partial charge is 0.315 e. The number of fused-ring (bicyclic) bond motifs is 1. The smallest absolute Gasteiger partial charge is 0.237 e. The van der Waals surface area contributed by atoms with Crippen LogP contribution in [0.25, 0.3) is 10.1 Å². The molecule has 1 N–H and O–H groups in total. The molecule has 6 heteroatoms. The van der Waals surface area contributed by atoms with E-state index in [-0.39, 0.29) is 5.75 Å². The van der Waals surface area contributed by atoms with E-state index in [0.717, 1.165) is 33.6 Å². The Hall–Kier alpha value is -1.11. The molecule has 1 aromatic carbocycles. The van der Waals surface area contributed by atoms with Crippen molar-refractivity contribution in [1.82, 2.24) is 5.32 Å². The number of benzene rings is 1. The van der Waals surface area contributed by atoms with E-state index in [1.165, 1.54) is 12.8 Å². The highest BCUT2D eigenvalue weighted by Crippen LogP contribution is 2.40. The fraction of sp³-hybridized carbons (Fsp3) is 0.600. The van der Waals surface area contributed by atoms with Crippen LogP contribution in [0.15, 0.2) is 24.3 Å². The molecular weight excluding hydrogens is 364 g/mol. The number of nitrogens with zero attached hydrogens (tertiary/aromatic N) is 1. The molecule has 1 aliphatic carbocycles. The molecular formula is C20H30N2O2S2. The first kappa shape index (κ1) is 19.6. The van der Waals surface area contributed by atoms with E-state index < -0.39 is 10.0 Å². The maximum atomic E-state index is 13.1. The third-order valence-corrected chi connectivity index (χ3v) is 8.08. The first-order valence-corrected chi connectivity index (χ1v) is 12.0. The fourth-order valence-corrected chi connectivity index (χ4v) is 6.17. The minimum absolute atomic E-state index is 0.151. The Labute approximate surface area is 161 Å². The van der Waals surface area contributed by atoms with E-state index >= 15 is 0 Å². The molecule has 1 saturated carbocycles. The molecule has 3 rings (SSSR count). The van der Waals surface area contributed by atoms with E-state index in [0.29, 0.717) is 24.9 Å². The number of nitrogens with one attached hydrogen (secondary N) is 1. The highest BCUT2D eigenvalue weighted by Gasteiger charge is 2.29. The zero-order chi connectivity index (χ0) is 18.7. The Morgan fingerprint density at radius 2 is 2.00 bits per heavy atom. The summed E-state index contributed by atoms with van der Waals surface area (Å²) in [7, 11) is -3.33. The molecule has 0 amide bonds. The van der Waals surface area contributed by atoms with E-state index in [2.05, 4.69) is 31.3 Å². The molecule has 1 heterocycles. The standard InChI is InChI=1S/C20H30N2O2S2/c1-15(2)14-21-11-13-26(23,24)22(12-10-17-8-9-17)20-16(3)18-6-4-5-7-19(18)25-20/h4-7,15,17,21H,8-14H2,1-3H3. The first-order valence-electron chi connectivity index (χ1n) is 9.57. The lowest BCUT2D eigenvalue weighted by atomic mass is 10.2. The maximum Gasteiger partial charge on any atom is 0.237 e. The van der Waals surface area contributed by atoms with Crippen molar-refractivity contribution in [3.63, 3.8) is 0 Å². The second-order valence-corrected chi connectivity index (χ2v) is 10.8. The number of anilines is 1. The molecule has 0 aliphatic heterocycles. The van der Waals surface area contributed by atoms with Crippen molar-refractivity contribution >= 4 is 36.4 Å². The summed E-state index contributed by atoms with van der Waals surface area (Å²) in [6.45, 7) is 8.26. The average Bonchev–Trinajstić information content (AvgIpc) is 3.36. The summed E-state index contributed by atoms with van der Waals surface area (Å²) >= 11 is 1.60. The maximum absolute atomic E-state index is 13.1. The quantitative estimate of drug-likeness (QED) is 0.608. The van der Waals surface area contributed by atoms with Crippen molar-refractivity contribution in [2.24, 2.45) is 11.8 Å². The second-order valence-electron chi connectivity index (χ2n) is 7.75. The van der Waals surface area contributed by atoms with Crippen molar-refractivity contribution in [2.45, 2.75) is 40.0 Å². The highest BCUT2D eigenvalue weighted by atomic mass is 32.2. The van der Waals surface area contributed by atoms with Gasteiger partial charge in [-0.1, -0.05) is 44.9 Å². The van der Waals surface area contributed by atoms with Gasteiger partial charge in [0.15, 0.2) is 0 Å². The van der Waals surface area contributed by atoms with Gasteiger partial charge in [0, 0.05) is 17.8 Å². The lowest BCUT2D eigenvalue weighted by Crippen LogP contribution is -2.37. The molecule has 0 bridgehead atoms. The van der Waals surface area contributed by atoms with Gasteiger partial charge < -0.3 is 5.32 Å². The van der Waals surface area contributed by atoms with Crippen LogP contribution in [0, 0.1) is 18.8 Å². The summed E-state index contributed by atoms with van der Waals surface area (Å²) in [5.41, 5.74) is 1.08. The van der Waals surface area contributed by atoms with Crippen LogP contribution in [0.1, 0.15) is 38.7 Å². The minimum Gasteiger partial charge on any atom is -0.315 e. The highest BCUT2D eigenvalue weighted by molar-refractivity contribution is 7.93. The number of thiophene rings is 1. The van der Waals surface area contributed by atoms with Gasteiger partial charge in [0.05, 0.1) is 5.75 Å². The molecule has 144 valence electrons. The number of hydrogen-bond acceptors (Lipinski definition) is 4. The lowest BCUT2D eigenvalue weighted by molar-refractivity contribution is 0.554. The number of sulfonamides is 1. The van der Waals surface area contributed by atoms with Crippen molar-refractivity contribution < 1.29 is 8.42 Å². The van der Waals surface area contributed by atoms with E-state index in [4.69, 9.17) is 0 Å². The molecule has 2 aromatic rings. The summed E-state index contributed by atoms with van der Waals surface area (Å²) in [4.78, 5) is 0. The van der Waals surface area contributed by atoms with Crippen molar-refractivity contribution in [2.75, 3.05) is 29.7 Å². The van der Waals surface area contributed by atoms with Crippen LogP contribution in [-0.2, 0) is 10.0 Å².